The van der Waals surface area contributed by atoms with Crippen LogP contribution in [0.3, 0.4) is 0 Å². The predicted octanol–water partition coefficient (Wildman–Crippen LogP) is 3.00. The molecule has 7 heteroatoms. The van der Waals surface area contributed by atoms with E-state index in [1.54, 1.807) is 0 Å². The average Bonchev–Trinajstić information content (AvgIpc) is 2.69. The molecule has 0 bridgehead atoms. The first-order valence-electron chi connectivity index (χ1n) is 8.94. The van der Waals surface area contributed by atoms with Gasteiger partial charge in [0.2, 0.25) is 0 Å². The number of amidine groups is 1. The third kappa shape index (κ3) is 6.53. The van der Waals surface area contributed by atoms with Crippen LogP contribution in [0.5, 0.6) is 5.75 Å². The number of hydrogen-bond acceptors (Lipinski definition) is 5. The summed E-state index contributed by atoms with van der Waals surface area (Å²) in [7, 11) is 0. The minimum atomic E-state index is 0.320. The molecule has 2 aromatic carbocycles. The van der Waals surface area contributed by atoms with Crippen LogP contribution < -0.4 is 10.5 Å². The van der Waals surface area contributed by atoms with Gasteiger partial charge in [-0.1, -0.05) is 45.4 Å². The summed E-state index contributed by atoms with van der Waals surface area (Å²) in [5.41, 5.74) is 8.11. The fraction of sp³-hybridized carbons (Fsp3) is 0.350. The van der Waals surface area contributed by atoms with Crippen LogP contribution in [-0.2, 0) is 16.1 Å². The van der Waals surface area contributed by atoms with Gasteiger partial charge in [-0.15, -0.1) is 0 Å². The summed E-state index contributed by atoms with van der Waals surface area (Å²) in [6, 6.07) is 15.7. The van der Waals surface area contributed by atoms with E-state index in [0.717, 1.165) is 48.6 Å². The van der Waals surface area contributed by atoms with Crippen LogP contribution in [0.4, 0.5) is 0 Å². The number of halogens is 1. The quantitative estimate of drug-likeness (QED) is 0.300. The van der Waals surface area contributed by atoms with Crippen LogP contribution in [-0.4, -0.2) is 50.3 Å². The normalized spacial score (nSPS) is 15.5. The van der Waals surface area contributed by atoms with E-state index < -0.39 is 0 Å². The van der Waals surface area contributed by atoms with E-state index >= 15 is 0 Å². The van der Waals surface area contributed by atoms with E-state index in [1.165, 1.54) is 5.56 Å². The van der Waals surface area contributed by atoms with Crippen LogP contribution in [0.15, 0.2) is 58.2 Å². The Hall–Kier alpha value is -2.09. The molecule has 1 heterocycles. The molecule has 2 aromatic rings. The van der Waals surface area contributed by atoms with Crippen molar-refractivity contribution in [3.63, 3.8) is 0 Å². The summed E-state index contributed by atoms with van der Waals surface area (Å²) in [5.74, 6) is 1.14. The summed E-state index contributed by atoms with van der Waals surface area (Å²) >= 11 is 3.41. The Morgan fingerprint density at radius 1 is 1.11 bits per heavy atom. The van der Waals surface area contributed by atoms with Crippen molar-refractivity contribution in [2.45, 2.75) is 6.54 Å². The monoisotopic (exact) mass is 433 g/mol. The van der Waals surface area contributed by atoms with Crippen molar-refractivity contribution >= 4 is 21.8 Å². The number of hydrogen-bond donors (Lipinski definition) is 1. The Kier molecular flexibility index (Phi) is 7.50. The molecule has 1 fully saturated rings. The molecular weight excluding hydrogens is 410 g/mol. The number of rotatable bonds is 8. The maximum atomic E-state index is 6.05. The highest BCUT2D eigenvalue weighted by atomic mass is 79.9. The topological polar surface area (TPSA) is 69.3 Å². The summed E-state index contributed by atoms with van der Waals surface area (Å²) in [6.07, 6.45) is 0. The second-order valence-electron chi connectivity index (χ2n) is 6.20. The predicted molar refractivity (Wildman–Crippen MR) is 109 cm³/mol. The van der Waals surface area contributed by atoms with Gasteiger partial charge in [-0.05, 0) is 29.8 Å². The zero-order valence-corrected chi connectivity index (χ0v) is 16.7. The minimum Gasteiger partial charge on any atom is -0.490 e. The van der Waals surface area contributed by atoms with Crippen molar-refractivity contribution in [2.75, 3.05) is 39.5 Å². The van der Waals surface area contributed by atoms with E-state index in [9.17, 15) is 0 Å². The number of nitrogens with zero attached hydrogens (tertiary/aromatic N) is 2. The lowest BCUT2D eigenvalue weighted by molar-refractivity contribution is 0.0342. The number of oxime groups is 1. The zero-order valence-electron chi connectivity index (χ0n) is 15.1. The summed E-state index contributed by atoms with van der Waals surface area (Å²) < 4.78 is 12.0. The van der Waals surface area contributed by atoms with E-state index in [0.29, 0.717) is 19.0 Å². The highest BCUT2D eigenvalue weighted by molar-refractivity contribution is 9.10. The van der Waals surface area contributed by atoms with Gasteiger partial charge in [0.25, 0.3) is 0 Å². The second-order valence-corrected chi connectivity index (χ2v) is 7.12. The van der Waals surface area contributed by atoms with Crippen molar-refractivity contribution in [1.29, 1.82) is 0 Å². The summed E-state index contributed by atoms with van der Waals surface area (Å²) in [5, 5.41) is 4.00. The molecule has 0 amide bonds. The molecular formula is C20H24BrN3O3. The van der Waals surface area contributed by atoms with E-state index in [4.69, 9.17) is 20.0 Å². The molecule has 2 N–H and O–H groups in total. The molecule has 0 aromatic heterocycles. The number of benzene rings is 2. The van der Waals surface area contributed by atoms with Gasteiger partial charge in [0.15, 0.2) is 12.4 Å². The van der Waals surface area contributed by atoms with Gasteiger partial charge in [0.05, 0.1) is 13.2 Å². The Morgan fingerprint density at radius 3 is 2.74 bits per heavy atom. The fourth-order valence-electron chi connectivity index (χ4n) is 2.77. The van der Waals surface area contributed by atoms with Gasteiger partial charge in [-0.3, -0.25) is 4.90 Å². The smallest absolute Gasteiger partial charge is 0.170 e. The third-order valence-corrected chi connectivity index (χ3v) is 4.63. The van der Waals surface area contributed by atoms with Crippen molar-refractivity contribution in [1.82, 2.24) is 4.90 Å². The van der Waals surface area contributed by atoms with Gasteiger partial charge >= 0.3 is 0 Å². The molecule has 1 aliphatic rings. The molecule has 1 saturated heterocycles. The lowest BCUT2D eigenvalue weighted by atomic mass is 10.1. The second kappa shape index (κ2) is 10.3. The highest BCUT2D eigenvalue weighted by Crippen LogP contribution is 2.17. The fourth-order valence-corrected chi connectivity index (χ4v) is 3.15. The van der Waals surface area contributed by atoms with Crippen LogP contribution in [0.1, 0.15) is 11.1 Å². The Balaban J connectivity index is 1.46. The Bertz CT molecular complexity index is 764. The largest absolute Gasteiger partial charge is 0.490 e. The average molecular weight is 434 g/mol. The number of ether oxygens (including phenoxy) is 2. The summed E-state index contributed by atoms with van der Waals surface area (Å²) in [4.78, 5) is 7.66. The third-order valence-electron chi connectivity index (χ3n) is 4.13. The zero-order chi connectivity index (χ0) is 18.9. The molecule has 27 heavy (non-hydrogen) atoms. The first-order valence-corrected chi connectivity index (χ1v) is 9.73. The van der Waals surface area contributed by atoms with E-state index in [1.807, 2.05) is 36.4 Å². The minimum absolute atomic E-state index is 0.320. The molecule has 144 valence electrons. The molecule has 0 aliphatic carbocycles. The molecule has 6 nitrogen and oxygen atoms in total. The van der Waals surface area contributed by atoms with Crippen molar-refractivity contribution in [2.24, 2.45) is 10.9 Å². The van der Waals surface area contributed by atoms with E-state index in [2.05, 4.69) is 38.1 Å². The molecule has 1 aliphatic heterocycles. The molecule has 0 saturated carbocycles. The van der Waals surface area contributed by atoms with Crippen LogP contribution in [0, 0.1) is 0 Å². The van der Waals surface area contributed by atoms with E-state index in [-0.39, 0.29) is 0 Å². The molecule has 0 unspecified atom stereocenters. The van der Waals surface area contributed by atoms with Gasteiger partial charge in [-0.25, -0.2) is 0 Å². The van der Waals surface area contributed by atoms with Crippen molar-refractivity contribution < 1.29 is 14.3 Å². The molecule has 0 atom stereocenters. The standard InChI is InChI=1S/C20H24BrN3O3/c21-18-5-2-6-19(14-18)26-11-12-27-23-20(22)17-4-1-3-16(13-17)15-24-7-9-25-10-8-24/h1-6,13-14H,7-12,15H2,(H2,22,23). The van der Waals surface area contributed by atoms with Gasteiger partial charge in [-0.2, -0.15) is 0 Å². The van der Waals surface area contributed by atoms with Crippen LogP contribution >= 0.6 is 15.9 Å². The Labute approximate surface area is 168 Å². The first kappa shape index (κ1) is 19.7. The maximum Gasteiger partial charge on any atom is 0.170 e. The van der Waals surface area contributed by atoms with Gasteiger partial charge in [0, 0.05) is 29.7 Å². The van der Waals surface area contributed by atoms with Crippen molar-refractivity contribution in [3.05, 3.63) is 64.1 Å². The molecule has 3 rings (SSSR count). The van der Waals surface area contributed by atoms with Crippen LogP contribution in [0.25, 0.3) is 0 Å². The lowest BCUT2D eigenvalue weighted by Gasteiger charge is -2.26. The highest BCUT2D eigenvalue weighted by Gasteiger charge is 2.11. The van der Waals surface area contributed by atoms with Crippen molar-refractivity contribution in [3.8, 4) is 5.75 Å². The first-order chi connectivity index (χ1) is 13.2. The Morgan fingerprint density at radius 2 is 1.93 bits per heavy atom. The molecule has 0 radical (unpaired) electrons. The van der Waals surface area contributed by atoms with Gasteiger partial charge < -0.3 is 20.0 Å². The summed E-state index contributed by atoms with van der Waals surface area (Å²) in [6.45, 7) is 5.08. The SMILES string of the molecule is N/C(=N/OCCOc1cccc(Br)c1)c1cccc(CN2CCOCC2)c1. The number of morpholine rings is 1. The maximum absolute atomic E-state index is 6.05. The number of nitrogens with two attached hydrogens (primary N) is 1. The van der Waals surface area contributed by atoms with Gasteiger partial charge in [0.1, 0.15) is 12.4 Å². The molecule has 0 spiro atoms. The van der Waals surface area contributed by atoms with Crippen LogP contribution in [0.2, 0.25) is 0 Å². The lowest BCUT2D eigenvalue weighted by Crippen LogP contribution is -2.35.